The molecule has 0 aliphatic carbocycles. The van der Waals surface area contributed by atoms with E-state index in [1.807, 2.05) is 0 Å². The monoisotopic (exact) mass is 212 g/mol. The van der Waals surface area contributed by atoms with E-state index in [1.54, 1.807) is 0 Å². The van der Waals surface area contributed by atoms with Crippen LogP contribution in [0.2, 0.25) is 0 Å². The fourth-order valence-electron chi connectivity index (χ4n) is 1.74. The van der Waals surface area contributed by atoms with Crippen LogP contribution in [0.5, 0.6) is 0 Å². The van der Waals surface area contributed by atoms with E-state index >= 15 is 0 Å². The second-order valence-corrected chi connectivity index (χ2v) is 6.41. The molecular formula is C11H20N2S. The smallest absolute Gasteiger partial charge is 0.0638 e. The van der Waals surface area contributed by atoms with Gasteiger partial charge in [-0.15, -0.1) is 0 Å². The number of hydrogen-bond acceptors (Lipinski definition) is 3. The van der Waals surface area contributed by atoms with Crippen LogP contribution in [-0.2, 0) is 0 Å². The molecule has 1 unspecified atom stereocenters. The molecule has 14 heavy (non-hydrogen) atoms. The van der Waals surface area contributed by atoms with E-state index in [-0.39, 0.29) is 0 Å². The predicted molar refractivity (Wildman–Crippen MR) is 62.4 cm³/mol. The Balaban J connectivity index is 2.46. The van der Waals surface area contributed by atoms with Crippen molar-refractivity contribution in [1.82, 2.24) is 4.90 Å². The summed E-state index contributed by atoms with van der Waals surface area (Å²) in [5, 5.41) is 8.66. The first-order valence-electron chi connectivity index (χ1n) is 5.30. The van der Waals surface area contributed by atoms with Crippen molar-refractivity contribution in [2.75, 3.05) is 18.8 Å². The van der Waals surface area contributed by atoms with Gasteiger partial charge in [-0.1, -0.05) is 13.8 Å². The first-order valence-corrected chi connectivity index (χ1v) is 6.29. The summed E-state index contributed by atoms with van der Waals surface area (Å²) in [5.74, 6) is 1.20. The number of thioether (sulfide) groups is 1. The van der Waals surface area contributed by atoms with Gasteiger partial charge in [0, 0.05) is 23.1 Å². The third-order valence-electron chi connectivity index (χ3n) is 2.88. The molecule has 0 spiro atoms. The van der Waals surface area contributed by atoms with E-state index < -0.39 is 0 Å². The van der Waals surface area contributed by atoms with Crippen LogP contribution in [0.1, 0.15) is 33.6 Å². The van der Waals surface area contributed by atoms with E-state index in [2.05, 4.69) is 43.5 Å². The Labute approximate surface area is 91.7 Å². The van der Waals surface area contributed by atoms with E-state index in [9.17, 15) is 0 Å². The lowest BCUT2D eigenvalue weighted by atomic mass is 10.1. The maximum absolute atomic E-state index is 8.66. The molecule has 1 aliphatic rings. The zero-order chi connectivity index (χ0) is 10.6. The molecule has 1 rings (SSSR count). The summed E-state index contributed by atoms with van der Waals surface area (Å²) in [5.41, 5.74) is 0. The Morgan fingerprint density at radius 1 is 1.50 bits per heavy atom. The highest BCUT2D eigenvalue weighted by atomic mass is 32.2. The summed E-state index contributed by atoms with van der Waals surface area (Å²) in [6, 6.07) is 2.68. The van der Waals surface area contributed by atoms with Gasteiger partial charge >= 0.3 is 0 Å². The quantitative estimate of drug-likeness (QED) is 0.704. The Bertz CT molecular complexity index is 220. The van der Waals surface area contributed by atoms with Crippen molar-refractivity contribution >= 4 is 11.8 Å². The first-order chi connectivity index (χ1) is 6.55. The molecule has 1 saturated heterocycles. The number of nitrogens with zero attached hydrogens (tertiary/aromatic N) is 2. The third-order valence-corrected chi connectivity index (χ3v) is 4.25. The molecule has 0 bridgehead atoms. The van der Waals surface area contributed by atoms with Crippen LogP contribution in [-0.4, -0.2) is 34.5 Å². The molecule has 0 aromatic heterocycles. The highest BCUT2D eigenvalue weighted by molar-refractivity contribution is 8.00. The zero-order valence-corrected chi connectivity index (χ0v) is 10.2. The van der Waals surface area contributed by atoms with Gasteiger partial charge in [-0.3, -0.25) is 4.90 Å². The lowest BCUT2D eigenvalue weighted by Crippen LogP contribution is -2.35. The van der Waals surface area contributed by atoms with Gasteiger partial charge in [0.1, 0.15) is 0 Å². The topological polar surface area (TPSA) is 27.0 Å². The predicted octanol–water partition coefficient (Wildman–Crippen LogP) is 2.51. The average molecular weight is 212 g/mol. The molecule has 1 atom stereocenters. The molecular weight excluding hydrogens is 192 g/mol. The van der Waals surface area contributed by atoms with Crippen molar-refractivity contribution in [3.05, 3.63) is 0 Å². The SMILES string of the molecule is CC(CC#N)N1CCSC(C)(C)CC1. The van der Waals surface area contributed by atoms with Gasteiger partial charge in [0.25, 0.3) is 0 Å². The molecule has 2 nitrogen and oxygen atoms in total. The van der Waals surface area contributed by atoms with Crippen molar-refractivity contribution < 1.29 is 0 Å². The van der Waals surface area contributed by atoms with Gasteiger partial charge in [-0.25, -0.2) is 0 Å². The average Bonchev–Trinajstić information content (AvgIpc) is 2.27. The van der Waals surface area contributed by atoms with Gasteiger partial charge in [0.2, 0.25) is 0 Å². The number of nitriles is 1. The van der Waals surface area contributed by atoms with Crippen molar-refractivity contribution in [3.63, 3.8) is 0 Å². The number of hydrogen-bond donors (Lipinski definition) is 0. The van der Waals surface area contributed by atoms with Crippen molar-refractivity contribution in [2.45, 2.75) is 44.4 Å². The van der Waals surface area contributed by atoms with Gasteiger partial charge in [0.05, 0.1) is 12.5 Å². The Hall–Kier alpha value is -0.200. The standard InChI is InChI=1S/C11H20N2S/c1-10(4-6-12)13-7-5-11(2,3)14-9-8-13/h10H,4-5,7-9H2,1-3H3. The summed E-state index contributed by atoms with van der Waals surface area (Å²) in [7, 11) is 0. The highest BCUT2D eigenvalue weighted by Gasteiger charge is 2.25. The van der Waals surface area contributed by atoms with Gasteiger partial charge in [-0.05, 0) is 19.9 Å². The third kappa shape index (κ3) is 3.51. The molecule has 0 aromatic carbocycles. The Morgan fingerprint density at radius 2 is 2.21 bits per heavy atom. The molecule has 1 heterocycles. The van der Waals surface area contributed by atoms with Crippen LogP contribution < -0.4 is 0 Å². The minimum Gasteiger partial charge on any atom is -0.299 e. The maximum atomic E-state index is 8.66. The van der Waals surface area contributed by atoms with Crippen LogP contribution in [0.25, 0.3) is 0 Å². The Kier molecular flexibility index (Phi) is 4.28. The molecule has 1 aliphatic heterocycles. The molecule has 3 heteroatoms. The van der Waals surface area contributed by atoms with Crippen molar-refractivity contribution in [1.29, 1.82) is 5.26 Å². The van der Waals surface area contributed by atoms with Crippen LogP contribution in [0.15, 0.2) is 0 Å². The molecule has 0 aromatic rings. The number of rotatable bonds is 2. The normalized spacial score (nSPS) is 25.0. The minimum atomic E-state index is 0.418. The second-order valence-electron chi connectivity index (χ2n) is 4.61. The summed E-state index contributed by atoms with van der Waals surface area (Å²) >= 11 is 2.06. The summed E-state index contributed by atoms with van der Waals surface area (Å²) in [6.45, 7) is 9.07. The molecule has 0 saturated carbocycles. The van der Waals surface area contributed by atoms with Gasteiger partial charge in [0.15, 0.2) is 0 Å². The van der Waals surface area contributed by atoms with Crippen LogP contribution in [0.3, 0.4) is 0 Å². The van der Waals surface area contributed by atoms with Crippen LogP contribution in [0.4, 0.5) is 0 Å². The van der Waals surface area contributed by atoms with E-state index in [0.717, 1.165) is 13.1 Å². The van der Waals surface area contributed by atoms with Gasteiger partial charge < -0.3 is 0 Å². The maximum Gasteiger partial charge on any atom is 0.0638 e. The molecule has 1 fully saturated rings. The summed E-state index contributed by atoms with van der Waals surface area (Å²) < 4.78 is 0.418. The molecule has 80 valence electrons. The summed E-state index contributed by atoms with van der Waals surface area (Å²) in [6.07, 6.45) is 1.89. The highest BCUT2D eigenvalue weighted by Crippen LogP contribution is 2.31. The van der Waals surface area contributed by atoms with Crippen LogP contribution in [0, 0.1) is 11.3 Å². The Morgan fingerprint density at radius 3 is 2.86 bits per heavy atom. The van der Waals surface area contributed by atoms with Crippen molar-refractivity contribution in [2.24, 2.45) is 0 Å². The largest absolute Gasteiger partial charge is 0.299 e. The lowest BCUT2D eigenvalue weighted by molar-refractivity contribution is 0.220. The zero-order valence-electron chi connectivity index (χ0n) is 9.42. The molecule has 0 amide bonds. The molecule has 0 N–H and O–H groups in total. The van der Waals surface area contributed by atoms with Crippen LogP contribution >= 0.6 is 11.8 Å². The van der Waals surface area contributed by atoms with E-state index in [4.69, 9.17) is 5.26 Å². The fraction of sp³-hybridized carbons (Fsp3) is 0.909. The minimum absolute atomic E-state index is 0.418. The van der Waals surface area contributed by atoms with Crippen molar-refractivity contribution in [3.8, 4) is 6.07 Å². The van der Waals surface area contributed by atoms with E-state index in [1.165, 1.54) is 12.2 Å². The first kappa shape index (κ1) is 11.9. The fourth-order valence-corrected chi connectivity index (χ4v) is 2.85. The second kappa shape index (κ2) is 5.04. The van der Waals surface area contributed by atoms with Gasteiger partial charge in [-0.2, -0.15) is 17.0 Å². The molecule has 0 radical (unpaired) electrons. The van der Waals surface area contributed by atoms with E-state index in [0.29, 0.717) is 17.2 Å². The lowest BCUT2D eigenvalue weighted by Gasteiger charge is -2.26. The summed E-state index contributed by atoms with van der Waals surface area (Å²) in [4.78, 5) is 2.45.